The summed E-state index contributed by atoms with van der Waals surface area (Å²) in [5.74, 6) is 0.546. The molecule has 1 N–H and O–H groups in total. The van der Waals surface area contributed by atoms with E-state index in [9.17, 15) is 14.9 Å². The van der Waals surface area contributed by atoms with Crippen LogP contribution in [0.2, 0.25) is 0 Å². The van der Waals surface area contributed by atoms with Crippen molar-refractivity contribution in [2.45, 2.75) is 19.9 Å². The fraction of sp³-hybridized carbons (Fsp3) is 0.211. The Balaban J connectivity index is 1.82. The molecule has 0 unspecified atom stereocenters. The van der Waals surface area contributed by atoms with Gasteiger partial charge in [0.25, 0.3) is 5.69 Å². The maximum atomic E-state index is 11.9. The molecule has 1 atom stereocenters. The van der Waals surface area contributed by atoms with Gasteiger partial charge in [-0.25, -0.2) is 0 Å². The molecule has 2 aromatic carbocycles. The molecule has 0 aliphatic rings. The number of aryl methyl sites for hydroxylation is 1. The van der Waals surface area contributed by atoms with Crippen LogP contribution in [-0.4, -0.2) is 23.5 Å². The number of benzene rings is 2. The first-order chi connectivity index (χ1) is 12.0. The maximum Gasteiger partial charge on any atom is 0.269 e. The number of nitro groups is 1. The third-order valence-electron chi connectivity index (χ3n) is 3.50. The molecule has 2 aromatic rings. The molecule has 6 nitrogen and oxygen atoms in total. The van der Waals surface area contributed by atoms with Crippen molar-refractivity contribution in [3.63, 3.8) is 0 Å². The topological polar surface area (TPSA) is 81.5 Å². The quantitative estimate of drug-likeness (QED) is 0.475. The van der Waals surface area contributed by atoms with Crippen molar-refractivity contribution >= 4 is 17.7 Å². The lowest BCUT2D eigenvalue weighted by Crippen LogP contribution is -2.35. The second kappa shape index (κ2) is 8.63. The van der Waals surface area contributed by atoms with E-state index in [2.05, 4.69) is 5.32 Å². The fourth-order valence-electron chi connectivity index (χ4n) is 2.14. The number of hydrogen-bond acceptors (Lipinski definition) is 4. The van der Waals surface area contributed by atoms with Crippen molar-refractivity contribution in [3.05, 3.63) is 75.8 Å². The minimum absolute atomic E-state index is 0.0172. The Morgan fingerprint density at radius 1 is 1.24 bits per heavy atom. The summed E-state index contributed by atoms with van der Waals surface area (Å²) >= 11 is 0. The summed E-state index contributed by atoms with van der Waals surface area (Å²) in [5.41, 5.74) is 1.77. The monoisotopic (exact) mass is 340 g/mol. The second-order valence-corrected chi connectivity index (χ2v) is 5.67. The summed E-state index contributed by atoms with van der Waals surface area (Å²) in [6.45, 7) is 4.18. The number of hydrogen-bond donors (Lipinski definition) is 1. The van der Waals surface area contributed by atoms with Crippen LogP contribution in [-0.2, 0) is 4.79 Å². The Bertz CT molecular complexity index is 769. The van der Waals surface area contributed by atoms with Gasteiger partial charge in [0, 0.05) is 18.2 Å². The lowest BCUT2D eigenvalue weighted by Gasteiger charge is -2.15. The van der Waals surface area contributed by atoms with Gasteiger partial charge in [-0.2, -0.15) is 0 Å². The number of amides is 1. The van der Waals surface area contributed by atoms with Crippen molar-refractivity contribution in [2.75, 3.05) is 6.61 Å². The molecule has 0 aliphatic carbocycles. The van der Waals surface area contributed by atoms with Crippen molar-refractivity contribution in [1.29, 1.82) is 0 Å². The predicted molar refractivity (Wildman–Crippen MR) is 96.4 cm³/mol. The predicted octanol–water partition coefficient (Wildman–Crippen LogP) is 3.50. The highest BCUT2D eigenvalue weighted by Gasteiger charge is 2.07. The minimum Gasteiger partial charge on any atom is -0.491 e. The van der Waals surface area contributed by atoms with Gasteiger partial charge >= 0.3 is 0 Å². The van der Waals surface area contributed by atoms with Crippen LogP contribution in [0.15, 0.2) is 54.6 Å². The summed E-state index contributed by atoms with van der Waals surface area (Å²) in [6, 6.07) is 13.5. The molecule has 0 saturated heterocycles. The van der Waals surface area contributed by atoms with E-state index in [1.165, 1.54) is 18.2 Å². The number of non-ortho nitro benzene ring substituents is 1. The second-order valence-electron chi connectivity index (χ2n) is 5.67. The largest absolute Gasteiger partial charge is 0.491 e. The molecule has 0 aromatic heterocycles. The molecule has 0 fully saturated rings. The molecule has 0 bridgehead atoms. The standard InChI is InChI=1S/C19H20N2O4/c1-14-5-3-4-6-18(14)25-13-15(2)20-19(22)12-9-16-7-10-17(11-8-16)21(23)24/h3-12,15H,13H2,1-2H3,(H,20,22)/b12-9+/t15-/m1/s1. The molecule has 0 radical (unpaired) electrons. The first-order valence-corrected chi connectivity index (χ1v) is 7.87. The van der Waals surface area contributed by atoms with Gasteiger partial charge in [-0.05, 0) is 49.2 Å². The third-order valence-corrected chi connectivity index (χ3v) is 3.50. The van der Waals surface area contributed by atoms with Crippen molar-refractivity contribution in [1.82, 2.24) is 5.32 Å². The van der Waals surface area contributed by atoms with Gasteiger partial charge in [0.1, 0.15) is 12.4 Å². The average Bonchev–Trinajstić information content (AvgIpc) is 2.59. The Kier molecular flexibility index (Phi) is 6.28. The van der Waals surface area contributed by atoms with E-state index in [0.29, 0.717) is 12.2 Å². The van der Waals surface area contributed by atoms with E-state index >= 15 is 0 Å². The molecule has 0 saturated carbocycles. The van der Waals surface area contributed by atoms with Crippen LogP contribution in [0.3, 0.4) is 0 Å². The van der Waals surface area contributed by atoms with Crippen LogP contribution < -0.4 is 10.1 Å². The number of carbonyl (C=O) groups excluding carboxylic acids is 1. The number of nitrogens with one attached hydrogen (secondary N) is 1. The number of carbonyl (C=O) groups is 1. The molecule has 0 heterocycles. The molecule has 1 amide bonds. The number of ether oxygens (including phenoxy) is 1. The van der Waals surface area contributed by atoms with Crippen LogP contribution in [0.1, 0.15) is 18.1 Å². The summed E-state index contributed by atoms with van der Waals surface area (Å²) in [5, 5.41) is 13.4. The van der Waals surface area contributed by atoms with Gasteiger partial charge in [-0.15, -0.1) is 0 Å². The number of para-hydroxylation sites is 1. The molecule has 0 aliphatic heterocycles. The zero-order valence-electron chi connectivity index (χ0n) is 14.1. The van der Waals surface area contributed by atoms with Gasteiger partial charge in [0.05, 0.1) is 11.0 Å². The van der Waals surface area contributed by atoms with E-state index in [-0.39, 0.29) is 17.6 Å². The molecule has 6 heteroatoms. The fourth-order valence-corrected chi connectivity index (χ4v) is 2.14. The molecular formula is C19H20N2O4. The van der Waals surface area contributed by atoms with Gasteiger partial charge in [-0.3, -0.25) is 14.9 Å². The first kappa shape index (κ1) is 18.2. The maximum absolute atomic E-state index is 11.9. The molecule has 25 heavy (non-hydrogen) atoms. The zero-order valence-corrected chi connectivity index (χ0v) is 14.1. The van der Waals surface area contributed by atoms with E-state index in [4.69, 9.17) is 4.74 Å². The van der Waals surface area contributed by atoms with Crippen molar-refractivity contribution in [2.24, 2.45) is 0 Å². The summed E-state index contributed by atoms with van der Waals surface area (Å²) < 4.78 is 5.70. The highest BCUT2D eigenvalue weighted by Crippen LogP contribution is 2.16. The van der Waals surface area contributed by atoms with Crippen LogP contribution in [0.5, 0.6) is 5.75 Å². The number of rotatable bonds is 7. The smallest absolute Gasteiger partial charge is 0.269 e. The van der Waals surface area contributed by atoms with Crippen molar-refractivity contribution in [3.8, 4) is 5.75 Å². The average molecular weight is 340 g/mol. The Labute approximate surface area is 146 Å². The normalized spacial score (nSPS) is 11.9. The SMILES string of the molecule is Cc1ccccc1OC[C@@H](C)NC(=O)/C=C/c1ccc([N+](=O)[O-])cc1. The molecule has 2 rings (SSSR count). The van der Waals surface area contributed by atoms with Crippen molar-refractivity contribution < 1.29 is 14.5 Å². The zero-order chi connectivity index (χ0) is 18.2. The van der Waals surface area contributed by atoms with Crippen LogP contribution in [0.4, 0.5) is 5.69 Å². The number of nitro benzene ring substituents is 1. The lowest BCUT2D eigenvalue weighted by molar-refractivity contribution is -0.384. The minimum atomic E-state index is -0.462. The third kappa shape index (κ3) is 5.76. The summed E-state index contributed by atoms with van der Waals surface area (Å²) in [7, 11) is 0. The van der Waals surface area contributed by atoms with Gasteiger partial charge in [0.15, 0.2) is 0 Å². The van der Waals surface area contributed by atoms with Gasteiger partial charge in [0.2, 0.25) is 5.91 Å². The van der Waals surface area contributed by atoms with E-state index in [1.54, 1.807) is 18.2 Å². The first-order valence-electron chi connectivity index (χ1n) is 7.87. The van der Waals surface area contributed by atoms with E-state index in [0.717, 1.165) is 11.3 Å². The van der Waals surface area contributed by atoms with E-state index in [1.807, 2.05) is 38.1 Å². The Morgan fingerprint density at radius 3 is 2.56 bits per heavy atom. The van der Waals surface area contributed by atoms with Gasteiger partial charge < -0.3 is 10.1 Å². The van der Waals surface area contributed by atoms with Gasteiger partial charge in [-0.1, -0.05) is 18.2 Å². The summed E-state index contributed by atoms with van der Waals surface area (Å²) in [6.07, 6.45) is 3.00. The van der Waals surface area contributed by atoms with Crippen LogP contribution >= 0.6 is 0 Å². The molecular weight excluding hydrogens is 320 g/mol. The molecule has 130 valence electrons. The summed E-state index contributed by atoms with van der Waals surface area (Å²) in [4.78, 5) is 22.1. The highest BCUT2D eigenvalue weighted by molar-refractivity contribution is 5.91. The number of nitrogens with zero attached hydrogens (tertiary/aromatic N) is 1. The van der Waals surface area contributed by atoms with Crippen LogP contribution in [0.25, 0.3) is 6.08 Å². The molecule has 0 spiro atoms. The highest BCUT2D eigenvalue weighted by atomic mass is 16.6. The van der Waals surface area contributed by atoms with E-state index < -0.39 is 4.92 Å². The van der Waals surface area contributed by atoms with Crippen LogP contribution in [0, 0.1) is 17.0 Å². The lowest BCUT2D eigenvalue weighted by atomic mass is 10.2. The Hall–Kier alpha value is -3.15. The Morgan fingerprint density at radius 2 is 1.92 bits per heavy atom.